The van der Waals surface area contributed by atoms with Gasteiger partial charge >= 0.3 is 0 Å². The summed E-state index contributed by atoms with van der Waals surface area (Å²) in [6.07, 6.45) is 2.86. The molecule has 23 heavy (non-hydrogen) atoms. The van der Waals surface area contributed by atoms with E-state index in [0.29, 0.717) is 37.7 Å². The Kier molecular flexibility index (Phi) is 7.64. The Hall–Kier alpha value is -1.31. The Morgan fingerprint density at radius 1 is 1.30 bits per heavy atom. The van der Waals surface area contributed by atoms with Crippen LogP contribution in [0.1, 0.15) is 16.8 Å². The lowest BCUT2D eigenvalue weighted by molar-refractivity contribution is 0.0627. The van der Waals surface area contributed by atoms with Crippen LogP contribution in [0.15, 0.2) is 18.3 Å². The largest absolute Gasteiger partial charge is 0.473 e. The predicted molar refractivity (Wildman–Crippen MR) is 90.3 cm³/mol. The van der Waals surface area contributed by atoms with Crippen LogP contribution in [0.25, 0.3) is 0 Å². The summed E-state index contributed by atoms with van der Waals surface area (Å²) in [5, 5.41) is 0. The molecule has 2 heterocycles. The zero-order chi connectivity index (χ0) is 16.5. The van der Waals surface area contributed by atoms with Gasteiger partial charge in [-0.1, -0.05) is 0 Å². The summed E-state index contributed by atoms with van der Waals surface area (Å²) in [5.74, 6) is 2.64. The Morgan fingerprint density at radius 3 is 2.57 bits per heavy atom. The molecule has 0 aromatic carbocycles. The topological polar surface area (TPSA) is 60.9 Å². The molecule has 128 valence electrons. The molecule has 0 radical (unpaired) electrons. The van der Waals surface area contributed by atoms with Crippen molar-refractivity contribution < 1.29 is 19.0 Å². The molecule has 0 spiro atoms. The smallest absolute Gasteiger partial charge is 0.255 e. The molecule has 6 nitrogen and oxygen atoms in total. The van der Waals surface area contributed by atoms with Crippen molar-refractivity contribution in [2.24, 2.45) is 0 Å². The van der Waals surface area contributed by atoms with E-state index in [-0.39, 0.29) is 12.0 Å². The van der Waals surface area contributed by atoms with Crippen LogP contribution < -0.4 is 4.74 Å². The molecule has 0 bridgehead atoms. The molecule has 7 heteroatoms. The number of aromatic nitrogens is 1. The van der Waals surface area contributed by atoms with Gasteiger partial charge in [0.25, 0.3) is 5.91 Å². The molecule has 0 aliphatic carbocycles. The van der Waals surface area contributed by atoms with E-state index < -0.39 is 0 Å². The highest BCUT2D eigenvalue weighted by Crippen LogP contribution is 2.22. The highest BCUT2D eigenvalue weighted by molar-refractivity contribution is 7.99. The number of hydrogen-bond acceptors (Lipinski definition) is 6. The summed E-state index contributed by atoms with van der Waals surface area (Å²) in [4.78, 5) is 18.5. The van der Waals surface area contributed by atoms with Crippen molar-refractivity contribution in [2.45, 2.75) is 12.5 Å². The van der Waals surface area contributed by atoms with E-state index in [1.54, 1.807) is 37.4 Å². The lowest BCUT2D eigenvalue weighted by atomic mass is 10.2. The van der Waals surface area contributed by atoms with Crippen LogP contribution >= 0.6 is 11.8 Å². The summed E-state index contributed by atoms with van der Waals surface area (Å²) in [6, 6.07) is 3.53. The lowest BCUT2D eigenvalue weighted by Crippen LogP contribution is -2.36. The number of pyridine rings is 1. The Bertz CT molecular complexity index is 469. The van der Waals surface area contributed by atoms with Crippen molar-refractivity contribution in [3.05, 3.63) is 23.9 Å². The third-order valence-corrected chi connectivity index (χ3v) is 4.71. The maximum absolute atomic E-state index is 12.5. The molecule has 0 N–H and O–H groups in total. The van der Waals surface area contributed by atoms with Gasteiger partial charge in [0.15, 0.2) is 0 Å². The first kappa shape index (κ1) is 18.0. The summed E-state index contributed by atoms with van der Waals surface area (Å²) >= 11 is 1.89. The van der Waals surface area contributed by atoms with E-state index >= 15 is 0 Å². The molecule has 1 aliphatic rings. The molecule has 1 unspecified atom stereocenters. The lowest BCUT2D eigenvalue weighted by Gasteiger charge is -2.22. The van der Waals surface area contributed by atoms with E-state index in [9.17, 15) is 4.79 Å². The molecule has 1 amide bonds. The first-order valence-corrected chi connectivity index (χ1v) is 8.87. The fraction of sp³-hybridized carbons (Fsp3) is 0.625. The third-order valence-electron chi connectivity index (χ3n) is 3.58. The average molecular weight is 340 g/mol. The van der Waals surface area contributed by atoms with E-state index in [1.165, 1.54) is 0 Å². The number of carbonyl (C=O) groups is 1. The first-order chi connectivity index (χ1) is 11.2. The van der Waals surface area contributed by atoms with E-state index in [4.69, 9.17) is 14.2 Å². The van der Waals surface area contributed by atoms with Crippen LogP contribution in [-0.2, 0) is 9.47 Å². The minimum absolute atomic E-state index is 0.0745. The van der Waals surface area contributed by atoms with Gasteiger partial charge in [-0.25, -0.2) is 4.98 Å². The van der Waals surface area contributed by atoms with Gasteiger partial charge in [-0.05, 0) is 18.2 Å². The SMILES string of the molecule is COCCN(CCOC)C(=O)c1ccc(OC2CCSC2)nc1. The second-order valence-electron chi connectivity index (χ2n) is 5.27. The van der Waals surface area contributed by atoms with Gasteiger partial charge in [0.05, 0.1) is 18.8 Å². The van der Waals surface area contributed by atoms with Crippen LogP contribution in [0, 0.1) is 0 Å². The molecular weight excluding hydrogens is 316 g/mol. The summed E-state index contributed by atoms with van der Waals surface area (Å²) in [5.41, 5.74) is 0.547. The number of methoxy groups -OCH3 is 2. The van der Waals surface area contributed by atoms with Crippen molar-refractivity contribution in [3.63, 3.8) is 0 Å². The number of ether oxygens (including phenoxy) is 3. The van der Waals surface area contributed by atoms with Gasteiger partial charge in [0, 0.05) is 45.3 Å². The van der Waals surface area contributed by atoms with Crippen LogP contribution in [0.5, 0.6) is 5.88 Å². The fourth-order valence-corrected chi connectivity index (χ4v) is 3.35. The highest BCUT2D eigenvalue weighted by atomic mass is 32.2. The van der Waals surface area contributed by atoms with E-state index in [1.807, 2.05) is 11.8 Å². The Morgan fingerprint density at radius 2 is 2.04 bits per heavy atom. The molecule has 1 aromatic heterocycles. The van der Waals surface area contributed by atoms with E-state index in [0.717, 1.165) is 17.9 Å². The second-order valence-corrected chi connectivity index (χ2v) is 6.42. The van der Waals surface area contributed by atoms with Gasteiger partial charge < -0.3 is 19.1 Å². The molecule has 0 saturated carbocycles. The molecule has 1 fully saturated rings. The minimum atomic E-state index is -0.0745. The molecule has 1 aliphatic heterocycles. The quantitative estimate of drug-likeness (QED) is 0.682. The Balaban J connectivity index is 1.95. The standard InChI is InChI=1S/C16H24N2O4S/c1-20-8-6-18(7-9-21-2)16(19)13-3-4-15(17-11-13)22-14-5-10-23-12-14/h3-4,11,14H,5-10,12H2,1-2H3. The third kappa shape index (κ3) is 5.67. The maximum Gasteiger partial charge on any atom is 0.255 e. The molecule has 2 rings (SSSR count). The van der Waals surface area contributed by atoms with Gasteiger partial charge in [0.2, 0.25) is 5.88 Å². The number of thioether (sulfide) groups is 1. The average Bonchev–Trinajstić information content (AvgIpc) is 3.08. The Labute approximate surface area is 141 Å². The van der Waals surface area contributed by atoms with Gasteiger partial charge in [-0.3, -0.25) is 4.79 Å². The zero-order valence-corrected chi connectivity index (χ0v) is 14.5. The van der Waals surface area contributed by atoms with Gasteiger partial charge in [0.1, 0.15) is 6.10 Å². The van der Waals surface area contributed by atoms with Crippen LogP contribution in [0.3, 0.4) is 0 Å². The summed E-state index contributed by atoms with van der Waals surface area (Å²) in [7, 11) is 3.24. The van der Waals surface area contributed by atoms with Crippen LogP contribution in [0.4, 0.5) is 0 Å². The molecule has 1 saturated heterocycles. The maximum atomic E-state index is 12.5. The minimum Gasteiger partial charge on any atom is -0.473 e. The fourth-order valence-electron chi connectivity index (χ4n) is 2.25. The van der Waals surface area contributed by atoms with Crippen molar-refractivity contribution in [1.82, 2.24) is 9.88 Å². The number of amides is 1. The van der Waals surface area contributed by atoms with Crippen LogP contribution in [0.2, 0.25) is 0 Å². The first-order valence-electron chi connectivity index (χ1n) is 7.72. The van der Waals surface area contributed by atoms with Gasteiger partial charge in [-0.2, -0.15) is 11.8 Å². The van der Waals surface area contributed by atoms with Crippen molar-refractivity contribution in [1.29, 1.82) is 0 Å². The van der Waals surface area contributed by atoms with E-state index in [2.05, 4.69) is 4.98 Å². The molecule has 1 aromatic rings. The number of nitrogens with zero attached hydrogens (tertiary/aromatic N) is 2. The predicted octanol–water partition coefficient (Wildman–Crippen LogP) is 1.70. The van der Waals surface area contributed by atoms with Gasteiger partial charge in [-0.15, -0.1) is 0 Å². The summed E-state index contributed by atoms with van der Waals surface area (Å²) < 4.78 is 15.9. The molecular formula is C16H24N2O4S. The van der Waals surface area contributed by atoms with Crippen molar-refractivity contribution in [2.75, 3.05) is 52.0 Å². The number of carbonyl (C=O) groups excluding carboxylic acids is 1. The zero-order valence-electron chi connectivity index (χ0n) is 13.7. The van der Waals surface area contributed by atoms with Crippen molar-refractivity contribution in [3.8, 4) is 5.88 Å². The monoisotopic (exact) mass is 340 g/mol. The summed E-state index contributed by atoms with van der Waals surface area (Å²) in [6.45, 7) is 2.03. The second kappa shape index (κ2) is 9.75. The number of rotatable bonds is 9. The highest BCUT2D eigenvalue weighted by Gasteiger charge is 2.19. The normalized spacial score (nSPS) is 17.2. The van der Waals surface area contributed by atoms with Crippen molar-refractivity contribution >= 4 is 17.7 Å². The van der Waals surface area contributed by atoms with Crippen LogP contribution in [-0.4, -0.2) is 73.9 Å². The molecule has 1 atom stereocenters. The number of hydrogen-bond donors (Lipinski definition) is 0.